The largest absolute Gasteiger partial charge is 0.342 e. The lowest BCUT2D eigenvalue weighted by Gasteiger charge is -2.19. The van der Waals surface area contributed by atoms with Crippen molar-refractivity contribution < 1.29 is 4.79 Å². The Balaban J connectivity index is 1.54. The van der Waals surface area contributed by atoms with E-state index in [0.29, 0.717) is 16.8 Å². The van der Waals surface area contributed by atoms with E-state index < -0.39 is 0 Å². The van der Waals surface area contributed by atoms with Crippen molar-refractivity contribution in [2.45, 2.75) is 49.6 Å². The number of amides is 1. The molecule has 1 saturated heterocycles. The molecule has 7 heteroatoms. The highest BCUT2D eigenvalue weighted by Gasteiger charge is 2.30. The van der Waals surface area contributed by atoms with E-state index in [1.54, 1.807) is 4.68 Å². The second kappa shape index (κ2) is 6.03. The van der Waals surface area contributed by atoms with E-state index in [2.05, 4.69) is 10.2 Å². The van der Waals surface area contributed by atoms with Crippen LogP contribution in [0.15, 0.2) is 5.16 Å². The van der Waals surface area contributed by atoms with Crippen molar-refractivity contribution >= 4 is 17.7 Å². The lowest BCUT2D eigenvalue weighted by atomic mass is 10.2. The number of nitrogens with zero attached hydrogens (tertiary/aromatic N) is 4. The maximum atomic E-state index is 12.2. The van der Waals surface area contributed by atoms with Gasteiger partial charge in [-0.3, -0.25) is 4.79 Å². The number of carbonyl (C=O) groups is 1. The molecule has 0 bridgehead atoms. The Kier molecular flexibility index (Phi) is 4.14. The summed E-state index contributed by atoms with van der Waals surface area (Å²) in [6.07, 6.45) is 7.00. The number of likely N-dealkylation sites (tertiary alicyclic amines) is 1. The monoisotopic (exact) mass is 295 g/mol. The fraction of sp³-hybridized carbons (Fsp3) is 0.769. The first kappa shape index (κ1) is 13.7. The van der Waals surface area contributed by atoms with Crippen LogP contribution in [0.5, 0.6) is 0 Å². The normalized spacial score (nSPS) is 19.9. The number of carbonyl (C=O) groups excluding carboxylic acids is 1. The standard InChI is InChI=1S/C13H21N5OS/c14-18-12(10-5-6-10)15-16-13(18)20-9-11(19)17-7-3-1-2-4-8-17/h10H,1-9,14H2. The third kappa shape index (κ3) is 3.08. The van der Waals surface area contributed by atoms with Gasteiger partial charge in [0.25, 0.3) is 0 Å². The van der Waals surface area contributed by atoms with Gasteiger partial charge in [0.2, 0.25) is 11.1 Å². The molecule has 0 spiro atoms. The van der Waals surface area contributed by atoms with Gasteiger partial charge in [0, 0.05) is 19.0 Å². The lowest BCUT2D eigenvalue weighted by molar-refractivity contribution is -0.128. The molecule has 1 aromatic rings. The van der Waals surface area contributed by atoms with Crippen molar-refractivity contribution in [2.24, 2.45) is 0 Å². The highest BCUT2D eigenvalue weighted by molar-refractivity contribution is 7.99. The molecule has 1 saturated carbocycles. The van der Waals surface area contributed by atoms with Crippen LogP contribution in [-0.4, -0.2) is 44.5 Å². The fourth-order valence-corrected chi connectivity index (χ4v) is 3.31. The van der Waals surface area contributed by atoms with Crippen molar-refractivity contribution in [3.63, 3.8) is 0 Å². The van der Waals surface area contributed by atoms with Crippen LogP contribution in [0.3, 0.4) is 0 Å². The van der Waals surface area contributed by atoms with Gasteiger partial charge < -0.3 is 10.7 Å². The highest BCUT2D eigenvalue weighted by atomic mass is 32.2. The quantitative estimate of drug-likeness (QED) is 0.670. The van der Waals surface area contributed by atoms with Gasteiger partial charge in [0.1, 0.15) is 0 Å². The van der Waals surface area contributed by atoms with Crippen molar-refractivity contribution in [2.75, 3.05) is 24.7 Å². The molecular weight excluding hydrogens is 274 g/mol. The van der Waals surface area contributed by atoms with Gasteiger partial charge in [-0.05, 0) is 25.7 Å². The molecule has 1 amide bonds. The van der Waals surface area contributed by atoms with E-state index in [4.69, 9.17) is 5.84 Å². The summed E-state index contributed by atoms with van der Waals surface area (Å²) in [6, 6.07) is 0. The van der Waals surface area contributed by atoms with E-state index in [-0.39, 0.29) is 5.91 Å². The van der Waals surface area contributed by atoms with Crippen LogP contribution < -0.4 is 5.84 Å². The Morgan fingerprint density at radius 3 is 2.55 bits per heavy atom. The number of hydrogen-bond acceptors (Lipinski definition) is 5. The number of rotatable bonds is 4. The Morgan fingerprint density at radius 2 is 1.90 bits per heavy atom. The summed E-state index contributed by atoms with van der Waals surface area (Å²) in [4.78, 5) is 14.2. The van der Waals surface area contributed by atoms with E-state index >= 15 is 0 Å². The summed E-state index contributed by atoms with van der Waals surface area (Å²) in [5, 5.41) is 8.87. The third-order valence-electron chi connectivity index (χ3n) is 3.92. The maximum absolute atomic E-state index is 12.2. The summed E-state index contributed by atoms with van der Waals surface area (Å²) in [5.74, 6) is 7.90. The molecule has 0 unspecified atom stereocenters. The van der Waals surface area contributed by atoms with Gasteiger partial charge in [-0.2, -0.15) is 0 Å². The SMILES string of the molecule is Nn1c(SCC(=O)N2CCCCCC2)nnc1C1CC1. The molecule has 1 aromatic heterocycles. The van der Waals surface area contributed by atoms with E-state index in [9.17, 15) is 4.79 Å². The average Bonchev–Trinajstić information content (AvgIpc) is 3.25. The van der Waals surface area contributed by atoms with E-state index in [1.165, 1.54) is 24.6 Å². The summed E-state index contributed by atoms with van der Waals surface area (Å²) in [7, 11) is 0. The second-order valence-corrected chi connectivity index (χ2v) is 6.51. The van der Waals surface area contributed by atoms with Crippen LogP contribution in [-0.2, 0) is 4.79 Å². The minimum atomic E-state index is 0.188. The van der Waals surface area contributed by atoms with Gasteiger partial charge in [-0.25, -0.2) is 4.68 Å². The molecule has 0 radical (unpaired) electrons. The first-order valence-electron chi connectivity index (χ1n) is 7.36. The predicted octanol–water partition coefficient (Wildman–Crippen LogP) is 1.36. The van der Waals surface area contributed by atoms with E-state index in [1.807, 2.05) is 4.90 Å². The van der Waals surface area contributed by atoms with E-state index in [0.717, 1.165) is 44.6 Å². The molecule has 0 aromatic carbocycles. The zero-order valence-electron chi connectivity index (χ0n) is 11.6. The van der Waals surface area contributed by atoms with Crippen molar-refractivity contribution in [1.29, 1.82) is 0 Å². The number of thioether (sulfide) groups is 1. The molecule has 110 valence electrons. The smallest absolute Gasteiger partial charge is 0.233 e. The summed E-state index contributed by atoms with van der Waals surface area (Å²) >= 11 is 1.39. The van der Waals surface area contributed by atoms with Gasteiger partial charge in [-0.15, -0.1) is 10.2 Å². The summed E-state index contributed by atoms with van der Waals surface area (Å²) < 4.78 is 1.55. The van der Waals surface area contributed by atoms with Crippen LogP contribution in [0.4, 0.5) is 0 Å². The van der Waals surface area contributed by atoms with Gasteiger partial charge in [-0.1, -0.05) is 24.6 Å². The van der Waals surface area contributed by atoms with Crippen LogP contribution in [0.1, 0.15) is 50.3 Å². The first-order chi connectivity index (χ1) is 9.75. The molecule has 2 aliphatic rings. The number of nitrogen functional groups attached to an aromatic ring is 1. The molecule has 20 heavy (non-hydrogen) atoms. The molecule has 1 aliphatic carbocycles. The average molecular weight is 295 g/mol. The van der Waals surface area contributed by atoms with Gasteiger partial charge in [0.05, 0.1) is 5.75 Å². The number of aromatic nitrogens is 3. The Morgan fingerprint density at radius 1 is 1.20 bits per heavy atom. The molecule has 2 fully saturated rings. The minimum absolute atomic E-state index is 0.188. The fourth-order valence-electron chi connectivity index (χ4n) is 2.54. The summed E-state index contributed by atoms with van der Waals surface area (Å²) in [5.41, 5.74) is 0. The van der Waals surface area contributed by atoms with Gasteiger partial charge in [0.15, 0.2) is 5.82 Å². The van der Waals surface area contributed by atoms with Crippen LogP contribution >= 0.6 is 11.8 Å². The van der Waals surface area contributed by atoms with Gasteiger partial charge >= 0.3 is 0 Å². The lowest BCUT2D eigenvalue weighted by Crippen LogP contribution is -2.33. The Hall–Kier alpha value is -1.24. The molecule has 2 N–H and O–H groups in total. The highest BCUT2D eigenvalue weighted by Crippen LogP contribution is 2.39. The zero-order valence-corrected chi connectivity index (χ0v) is 12.4. The first-order valence-corrected chi connectivity index (χ1v) is 8.35. The van der Waals surface area contributed by atoms with Crippen LogP contribution in [0, 0.1) is 0 Å². The number of hydrogen-bond donors (Lipinski definition) is 1. The predicted molar refractivity (Wildman–Crippen MR) is 77.9 cm³/mol. The molecule has 0 atom stereocenters. The van der Waals surface area contributed by atoms with Crippen molar-refractivity contribution in [3.05, 3.63) is 5.82 Å². The molecule has 1 aliphatic heterocycles. The maximum Gasteiger partial charge on any atom is 0.233 e. The second-order valence-electron chi connectivity index (χ2n) is 5.57. The molecule has 3 rings (SSSR count). The van der Waals surface area contributed by atoms with Crippen LogP contribution in [0.25, 0.3) is 0 Å². The zero-order chi connectivity index (χ0) is 13.9. The van der Waals surface area contributed by atoms with Crippen molar-refractivity contribution in [3.8, 4) is 0 Å². The van der Waals surface area contributed by atoms with Crippen molar-refractivity contribution in [1.82, 2.24) is 19.8 Å². The third-order valence-corrected chi connectivity index (χ3v) is 4.84. The molecule has 6 nitrogen and oxygen atoms in total. The number of nitrogens with two attached hydrogens (primary N) is 1. The molecular formula is C13H21N5OS. The minimum Gasteiger partial charge on any atom is -0.342 e. The Bertz CT molecular complexity index is 477. The molecule has 2 heterocycles. The Labute approximate surface area is 123 Å². The van der Waals surface area contributed by atoms with Crippen LogP contribution in [0.2, 0.25) is 0 Å². The topological polar surface area (TPSA) is 77.0 Å². The summed E-state index contributed by atoms with van der Waals surface area (Å²) in [6.45, 7) is 1.78.